The van der Waals surface area contributed by atoms with E-state index in [1.807, 2.05) is 0 Å². The number of hydrogen-bond acceptors (Lipinski definition) is 3. The van der Waals surface area contributed by atoms with E-state index in [1.165, 1.54) is 18.3 Å². The second kappa shape index (κ2) is 7.26. The summed E-state index contributed by atoms with van der Waals surface area (Å²) < 4.78 is 26.0. The van der Waals surface area contributed by atoms with Crippen LogP contribution in [-0.2, 0) is 4.79 Å². The third-order valence-electron chi connectivity index (χ3n) is 2.62. The summed E-state index contributed by atoms with van der Waals surface area (Å²) in [6, 6.07) is 4.91. The first-order chi connectivity index (χ1) is 10.4. The standard InChI is InChI=1S/C14H10Cl2F2N2OS/c1-7(22-9-2-3-11(17)12(18)5-9)14(21)20-13-10(16)4-8(15)6-19-13/h2-7H,1H3,(H,19,20,21). The minimum Gasteiger partial charge on any atom is -0.308 e. The van der Waals surface area contributed by atoms with Crippen LogP contribution in [0.4, 0.5) is 14.6 Å². The molecule has 1 aromatic carbocycles. The second-order valence-corrected chi connectivity index (χ2v) is 6.57. The SMILES string of the molecule is CC(Sc1ccc(F)c(F)c1)C(=O)Nc1ncc(Cl)cc1Cl. The first-order valence-electron chi connectivity index (χ1n) is 6.10. The molecule has 116 valence electrons. The van der Waals surface area contributed by atoms with Crippen LogP contribution in [0, 0.1) is 11.6 Å². The molecule has 1 N–H and O–H groups in total. The molecule has 0 aliphatic heterocycles. The lowest BCUT2D eigenvalue weighted by atomic mass is 10.3. The van der Waals surface area contributed by atoms with Crippen molar-refractivity contribution in [3.05, 3.63) is 52.1 Å². The van der Waals surface area contributed by atoms with E-state index in [9.17, 15) is 13.6 Å². The van der Waals surface area contributed by atoms with Crippen LogP contribution in [0.2, 0.25) is 10.0 Å². The number of nitrogens with one attached hydrogen (secondary N) is 1. The van der Waals surface area contributed by atoms with E-state index in [4.69, 9.17) is 23.2 Å². The van der Waals surface area contributed by atoms with E-state index in [2.05, 4.69) is 10.3 Å². The number of halogens is 4. The number of aromatic nitrogens is 1. The van der Waals surface area contributed by atoms with Gasteiger partial charge in [0.2, 0.25) is 5.91 Å². The quantitative estimate of drug-likeness (QED) is 0.795. The molecule has 0 saturated heterocycles. The Hall–Kier alpha value is -1.37. The zero-order chi connectivity index (χ0) is 16.3. The van der Waals surface area contributed by atoms with Gasteiger partial charge in [0, 0.05) is 11.1 Å². The zero-order valence-electron chi connectivity index (χ0n) is 11.2. The van der Waals surface area contributed by atoms with Crippen LogP contribution in [0.15, 0.2) is 35.4 Å². The van der Waals surface area contributed by atoms with E-state index >= 15 is 0 Å². The van der Waals surface area contributed by atoms with Gasteiger partial charge < -0.3 is 5.32 Å². The fourth-order valence-electron chi connectivity index (χ4n) is 1.53. The maximum absolute atomic E-state index is 13.1. The van der Waals surface area contributed by atoms with Crippen molar-refractivity contribution in [2.75, 3.05) is 5.32 Å². The molecular weight excluding hydrogens is 353 g/mol. The van der Waals surface area contributed by atoms with E-state index in [1.54, 1.807) is 6.92 Å². The number of nitrogens with zero attached hydrogens (tertiary/aromatic N) is 1. The van der Waals surface area contributed by atoms with Gasteiger partial charge in [0.25, 0.3) is 0 Å². The smallest absolute Gasteiger partial charge is 0.238 e. The predicted molar refractivity (Wildman–Crippen MR) is 84.6 cm³/mol. The molecule has 0 aliphatic rings. The molecule has 0 fully saturated rings. The van der Waals surface area contributed by atoms with Gasteiger partial charge in [0.1, 0.15) is 0 Å². The Morgan fingerprint density at radius 3 is 2.64 bits per heavy atom. The molecule has 2 rings (SSSR count). The highest BCUT2D eigenvalue weighted by molar-refractivity contribution is 8.00. The number of benzene rings is 1. The van der Waals surface area contributed by atoms with E-state index in [0.29, 0.717) is 9.92 Å². The van der Waals surface area contributed by atoms with Crippen molar-refractivity contribution in [3.8, 4) is 0 Å². The molecule has 1 aromatic heterocycles. The first-order valence-corrected chi connectivity index (χ1v) is 7.74. The van der Waals surface area contributed by atoms with Crippen molar-refractivity contribution in [3.63, 3.8) is 0 Å². The maximum Gasteiger partial charge on any atom is 0.238 e. The molecule has 1 atom stereocenters. The average molecular weight is 363 g/mol. The van der Waals surface area contributed by atoms with Gasteiger partial charge in [-0.3, -0.25) is 4.79 Å². The molecule has 1 unspecified atom stereocenters. The summed E-state index contributed by atoms with van der Waals surface area (Å²) in [5.41, 5.74) is 0. The molecule has 0 bridgehead atoms. The molecule has 8 heteroatoms. The fourth-order valence-corrected chi connectivity index (χ4v) is 2.85. The van der Waals surface area contributed by atoms with Crippen LogP contribution < -0.4 is 5.32 Å². The van der Waals surface area contributed by atoms with Crippen molar-refractivity contribution in [1.82, 2.24) is 4.98 Å². The fraction of sp³-hybridized carbons (Fsp3) is 0.143. The van der Waals surface area contributed by atoms with E-state index in [-0.39, 0.29) is 16.7 Å². The normalized spacial score (nSPS) is 12.0. The van der Waals surface area contributed by atoms with Crippen molar-refractivity contribution >= 4 is 46.7 Å². The highest BCUT2D eigenvalue weighted by Crippen LogP contribution is 2.27. The topological polar surface area (TPSA) is 42.0 Å². The lowest BCUT2D eigenvalue weighted by Crippen LogP contribution is -2.23. The van der Waals surface area contributed by atoms with Crippen molar-refractivity contribution in [2.24, 2.45) is 0 Å². The third kappa shape index (κ3) is 4.32. The molecule has 0 saturated carbocycles. The second-order valence-electron chi connectivity index (χ2n) is 4.31. The minimum atomic E-state index is -0.958. The van der Waals surface area contributed by atoms with Crippen LogP contribution in [0.3, 0.4) is 0 Å². The minimum absolute atomic E-state index is 0.189. The zero-order valence-corrected chi connectivity index (χ0v) is 13.6. The lowest BCUT2D eigenvalue weighted by molar-refractivity contribution is -0.115. The number of rotatable bonds is 4. The van der Waals surface area contributed by atoms with Gasteiger partial charge in [-0.05, 0) is 31.2 Å². The highest BCUT2D eigenvalue weighted by Gasteiger charge is 2.17. The molecule has 22 heavy (non-hydrogen) atoms. The summed E-state index contributed by atoms with van der Waals surface area (Å²) in [6.45, 7) is 1.63. The van der Waals surface area contributed by atoms with Crippen LogP contribution in [0.1, 0.15) is 6.92 Å². The Bertz CT molecular complexity index is 715. The maximum atomic E-state index is 13.1. The van der Waals surface area contributed by atoms with Gasteiger partial charge in [0.15, 0.2) is 17.5 Å². The van der Waals surface area contributed by atoms with Gasteiger partial charge in [-0.1, -0.05) is 23.2 Å². The van der Waals surface area contributed by atoms with Crippen LogP contribution in [0.5, 0.6) is 0 Å². The molecule has 1 amide bonds. The Kier molecular flexibility index (Phi) is 5.61. The molecule has 0 aliphatic carbocycles. The average Bonchev–Trinajstić information content (AvgIpc) is 2.45. The number of amides is 1. The Balaban J connectivity index is 2.04. The summed E-state index contributed by atoms with van der Waals surface area (Å²) in [5, 5.41) is 2.56. The van der Waals surface area contributed by atoms with Crippen molar-refractivity contribution in [2.45, 2.75) is 17.1 Å². The van der Waals surface area contributed by atoms with Crippen LogP contribution >= 0.6 is 35.0 Å². The Morgan fingerprint density at radius 2 is 2.00 bits per heavy atom. The van der Waals surface area contributed by atoms with Crippen LogP contribution in [-0.4, -0.2) is 16.1 Å². The molecule has 1 heterocycles. The molecule has 0 radical (unpaired) electrons. The summed E-state index contributed by atoms with van der Waals surface area (Å²) in [6.07, 6.45) is 1.36. The van der Waals surface area contributed by atoms with Crippen LogP contribution in [0.25, 0.3) is 0 Å². The molecule has 3 nitrogen and oxygen atoms in total. The summed E-state index contributed by atoms with van der Waals surface area (Å²) in [4.78, 5) is 16.4. The van der Waals surface area contributed by atoms with Gasteiger partial charge in [-0.2, -0.15) is 0 Å². The summed E-state index contributed by atoms with van der Waals surface area (Å²) >= 11 is 12.7. The number of thioether (sulfide) groups is 1. The molecule has 2 aromatic rings. The van der Waals surface area contributed by atoms with Gasteiger partial charge in [-0.15, -0.1) is 11.8 Å². The monoisotopic (exact) mass is 362 g/mol. The van der Waals surface area contributed by atoms with Crippen molar-refractivity contribution in [1.29, 1.82) is 0 Å². The predicted octanol–water partition coefficient (Wildman–Crippen LogP) is 4.79. The number of pyridine rings is 1. The van der Waals surface area contributed by atoms with Gasteiger partial charge in [-0.25, -0.2) is 13.8 Å². The number of anilines is 1. The lowest BCUT2D eigenvalue weighted by Gasteiger charge is -2.12. The first kappa shape index (κ1) is 17.0. The number of carbonyl (C=O) groups excluding carboxylic acids is 1. The highest BCUT2D eigenvalue weighted by atomic mass is 35.5. The van der Waals surface area contributed by atoms with Gasteiger partial charge >= 0.3 is 0 Å². The largest absolute Gasteiger partial charge is 0.308 e. The number of hydrogen-bond donors (Lipinski definition) is 1. The summed E-state index contributed by atoms with van der Waals surface area (Å²) in [7, 11) is 0. The molecular formula is C14H10Cl2F2N2OS. The van der Waals surface area contributed by atoms with Crippen molar-refractivity contribution < 1.29 is 13.6 Å². The number of carbonyl (C=O) groups is 1. The van der Waals surface area contributed by atoms with E-state index in [0.717, 1.165) is 23.9 Å². The summed E-state index contributed by atoms with van der Waals surface area (Å²) in [5.74, 6) is -2.07. The van der Waals surface area contributed by atoms with E-state index < -0.39 is 16.9 Å². The third-order valence-corrected chi connectivity index (χ3v) is 4.21. The molecule has 0 spiro atoms. The van der Waals surface area contributed by atoms with Gasteiger partial charge in [0.05, 0.1) is 15.3 Å². The Morgan fingerprint density at radius 1 is 1.27 bits per heavy atom. The Labute approximate surface area is 140 Å².